The van der Waals surface area contributed by atoms with Crippen LogP contribution in [0.25, 0.3) is 0 Å². The number of hydrogen-bond acceptors (Lipinski definition) is 4. The Kier molecular flexibility index (Phi) is 7.33. The van der Waals surface area contributed by atoms with Crippen LogP contribution in [0.2, 0.25) is 5.02 Å². The number of anilines is 2. The molecule has 0 bridgehead atoms. The molecule has 7 nitrogen and oxygen atoms in total. The smallest absolute Gasteiger partial charge is 0.291 e. The van der Waals surface area contributed by atoms with Crippen molar-refractivity contribution in [3.8, 4) is 0 Å². The molecule has 2 aromatic carbocycles. The molecule has 0 spiro atoms. The number of amides is 3. The second kappa shape index (κ2) is 10.6. The van der Waals surface area contributed by atoms with Gasteiger partial charge in [-0.2, -0.15) is 0 Å². The second-order valence-corrected chi connectivity index (χ2v) is 8.83. The highest BCUT2D eigenvalue weighted by Crippen LogP contribution is 2.24. The van der Waals surface area contributed by atoms with Crippen LogP contribution >= 0.6 is 11.6 Å². The van der Waals surface area contributed by atoms with Gasteiger partial charge in [0.2, 0.25) is 0 Å². The summed E-state index contributed by atoms with van der Waals surface area (Å²) in [5, 5.41) is 8.93. The molecule has 4 rings (SSSR count). The maximum absolute atomic E-state index is 12.9. The van der Waals surface area contributed by atoms with E-state index in [-0.39, 0.29) is 23.6 Å². The molecule has 3 N–H and O–H groups in total. The fraction of sp³-hybridized carbons (Fsp3) is 0.269. The third-order valence-electron chi connectivity index (χ3n) is 5.90. The number of rotatable bonds is 6. The van der Waals surface area contributed by atoms with E-state index in [4.69, 9.17) is 16.0 Å². The van der Waals surface area contributed by atoms with Gasteiger partial charge in [-0.1, -0.05) is 36.9 Å². The van der Waals surface area contributed by atoms with Gasteiger partial charge in [0.15, 0.2) is 5.76 Å². The first-order valence-corrected chi connectivity index (χ1v) is 11.7. The first-order chi connectivity index (χ1) is 16.4. The Morgan fingerprint density at radius 1 is 0.912 bits per heavy atom. The summed E-state index contributed by atoms with van der Waals surface area (Å²) >= 11 is 6.27. The fourth-order valence-corrected chi connectivity index (χ4v) is 4.18. The highest BCUT2D eigenvalue weighted by molar-refractivity contribution is 6.34. The van der Waals surface area contributed by atoms with E-state index in [9.17, 15) is 14.4 Å². The quantitative estimate of drug-likeness (QED) is 0.415. The Bertz CT molecular complexity index is 1200. The molecule has 0 saturated heterocycles. The van der Waals surface area contributed by atoms with E-state index in [0.717, 1.165) is 31.2 Å². The van der Waals surface area contributed by atoms with Gasteiger partial charge in [-0.15, -0.1) is 0 Å². The maximum atomic E-state index is 12.9. The second-order valence-electron chi connectivity index (χ2n) is 8.42. The molecule has 0 aliphatic heterocycles. The Morgan fingerprint density at radius 3 is 2.44 bits per heavy atom. The predicted octanol–water partition coefficient (Wildman–Crippen LogP) is 5.81. The molecule has 0 radical (unpaired) electrons. The molecule has 0 atom stereocenters. The van der Waals surface area contributed by atoms with Crippen molar-refractivity contribution in [2.75, 3.05) is 10.6 Å². The number of benzene rings is 2. The minimum Gasteiger partial charge on any atom is -0.459 e. The Labute approximate surface area is 202 Å². The van der Waals surface area contributed by atoms with Crippen molar-refractivity contribution >= 4 is 40.7 Å². The summed E-state index contributed by atoms with van der Waals surface area (Å²) in [7, 11) is 0. The van der Waals surface area contributed by atoms with Crippen LogP contribution < -0.4 is 16.0 Å². The lowest BCUT2D eigenvalue weighted by Gasteiger charge is -2.23. The Morgan fingerprint density at radius 2 is 1.71 bits per heavy atom. The summed E-state index contributed by atoms with van der Waals surface area (Å²) in [5.41, 5.74) is 2.41. The molecule has 34 heavy (non-hydrogen) atoms. The minimum absolute atomic E-state index is 0.151. The molecule has 3 aromatic rings. The topological polar surface area (TPSA) is 100 Å². The largest absolute Gasteiger partial charge is 0.459 e. The van der Waals surface area contributed by atoms with Gasteiger partial charge in [0.05, 0.1) is 16.8 Å². The molecule has 8 heteroatoms. The third-order valence-corrected chi connectivity index (χ3v) is 6.23. The Hall–Kier alpha value is -3.58. The van der Waals surface area contributed by atoms with Gasteiger partial charge in [-0.3, -0.25) is 14.4 Å². The minimum atomic E-state index is -0.406. The van der Waals surface area contributed by atoms with Crippen molar-refractivity contribution in [3.05, 3.63) is 82.3 Å². The van der Waals surface area contributed by atoms with E-state index < -0.39 is 5.91 Å². The summed E-state index contributed by atoms with van der Waals surface area (Å²) in [6, 6.07) is 13.2. The summed E-state index contributed by atoms with van der Waals surface area (Å²) in [5.74, 6) is -0.854. The monoisotopic (exact) mass is 479 g/mol. The molecule has 1 heterocycles. The Balaban J connectivity index is 1.46. The lowest BCUT2D eigenvalue weighted by Crippen LogP contribution is -2.36. The molecule has 1 aliphatic rings. The van der Waals surface area contributed by atoms with Crippen LogP contribution in [0.1, 0.15) is 68.9 Å². The van der Waals surface area contributed by atoms with E-state index in [1.807, 2.05) is 6.92 Å². The van der Waals surface area contributed by atoms with Gasteiger partial charge in [0.25, 0.3) is 17.7 Å². The summed E-state index contributed by atoms with van der Waals surface area (Å²) in [6.45, 7) is 1.83. The molecule has 1 fully saturated rings. The van der Waals surface area contributed by atoms with Crippen molar-refractivity contribution in [2.45, 2.75) is 45.1 Å². The number of halogens is 1. The first kappa shape index (κ1) is 23.6. The molecule has 1 aliphatic carbocycles. The number of carbonyl (C=O) groups is 3. The summed E-state index contributed by atoms with van der Waals surface area (Å²) in [4.78, 5) is 38.0. The highest BCUT2D eigenvalue weighted by atomic mass is 35.5. The number of furan rings is 1. The summed E-state index contributed by atoms with van der Waals surface area (Å²) in [6.07, 6.45) is 6.76. The first-order valence-electron chi connectivity index (χ1n) is 11.3. The van der Waals surface area contributed by atoms with Crippen LogP contribution in [-0.4, -0.2) is 23.8 Å². The molecule has 1 saturated carbocycles. The lowest BCUT2D eigenvalue weighted by atomic mass is 9.95. The SMILES string of the molecule is Cc1ccc(C(=O)Nc2ccc(Cl)c(C(=O)NC3CCCCC3)c2)cc1NC(=O)c1ccco1. The van der Waals surface area contributed by atoms with E-state index >= 15 is 0 Å². The number of hydrogen-bond donors (Lipinski definition) is 3. The van der Waals surface area contributed by atoms with E-state index in [2.05, 4.69) is 16.0 Å². The molecule has 0 unspecified atom stereocenters. The lowest BCUT2D eigenvalue weighted by molar-refractivity contribution is 0.0926. The van der Waals surface area contributed by atoms with Crippen LogP contribution in [0.4, 0.5) is 11.4 Å². The van der Waals surface area contributed by atoms with E-state index in [1.165, 1.54) is 12.7 Å². The molecular formula is C26H26ClN3O4. The van der Waals surface area contributed by atoms with Crippen LogP contribution in [-0.2, 0) is 0 Å². The van der Waals surface area contributed by atoms with Crippen molar-refractivity contribution < 1.29 is 18.8 Å². The molecule has 1 aromatic heterocycles. The highest BCUT2D eigenvalue weighted by Gasteiger charge is 2.19. The van der Waals surface area contributed by atoms with Crippen LogP contribution in [0.3, 0.4) is 0 Å². The van der Waals surface area contributed by atoms with Crippen molar-refractivity contribution in [1.82, 2.24) is 5.32 Å². The third kappa shape index (κ3) is 5.66. The van der Waals surface area contributed by atoms with Gasteiger partial charge in [-0.25, -0.2) is 0 Å². The zero-order valence-electron chi connectivity index (χ0n) is 18.8. The standard InChI is InChI=1S/C26H26ClN3O4/c1-16-9-10-17(14-22(16)30-26(33)23-8-5-13-34-23)24(31)29-19-11-12-21(27)20(15-19)25(32)28-18-6-3-2-4-7-18/h5,8-15,18H,2-4,6-7H2,1H3,(H,28,32)(H,29,31)(H,30,33). The van der Waals surface area contributed by atoms with Crippen LogP contribution in [0, 0.1) is 6.92 Å². The van der Waals surface area contributed by atoms with Gasteiger partial charge in [0, 0.05) is 23.0 Å². The molecular weight excluding hydrogens is 454 g/mol. The zero-order valence-corrected chi connectivity index (χ0v) is 19.6. The van der Waals surface area contributed by atoms with E-state index in [0.29, 0.717) is 27.5 Å². The van der Waals surface area contributed by atoms with Gasteiger partial charge in [0.1, 0.15) is 0 Å². The number of carbonyl (C=O) groups excluding carboxylic acids is 3. The predicted molar refractivity (Wildman–Crippen MR) is 132 cm³/mol. The van der Waals surface area contributed by atoms with Crippen LogP contribution in [0.15, 0.2) is 59.2 Å². The average Bonchev–Trinajstić information content (AvgIpc) is 3.37. The van der Waals surface area contributed by atoms with Gasteiger partial charge >= 0.3 is 0 Å². The van der Waals surface area contributed by atoms with Gasteiger partial charge < -0.3 is 20.4 Å². The van der Waals surface area contributed by atoms with Crippen molar-refractivity contribution in [3.63, 3.8) is 0 Å². The summed E-state index contributed by atoms with van der Waals surface area (Å²) < 4.78 is 5.12. The van der Waals surface area contributed by atoms with Crippen molar-refractivity contribution in [1.29, 1.82) is 0 Å². The molecule has 176 valence electrons. The van der Waals surface area contributed by atoms with Crippen LogP contribution in [0.5, 0.6) is 0 Å². The maximum Gasteiger partial charge on any atom is 0.291 e. The van der Waals surface area contributed by atoms with Gasteiger partial charge in [-0.05, 0) is 67.8 Å². The average molecular weight is 480 g/mol. The number of aryl methyl sites for hydroxylation is 1. The zero-order chi connectivity index (χ0) is 24.1. The molecule has 3 amide bonds. The van der Waals surface area contributed by atoms with Crippen molar-refractivity contribution in [2.24, 2.45) is 0 Å². The number of nitrogens with one attached hydrogen (secondary N) is 3. The normalized spacial score (nSPS) is 13.8. The van der Waals surface area contributed by atoms with E-state index in [1.54, 1.807) is 48.5 Å². The fourth-order valence-electron chi connectivity index (χ4n) is 3.98.